The Balaban J connectivity index is 2.53. The van der Waals surface area contributed by atoms with Crippen molar-refractivity contribution in [2.24, 2.45) is 0 Å². The van der Waals surface area contributed by atoms with Crippen LogP contribution < -0.4 is 0 Å². The van der Waals surface area contributed by atoms with Crippen molar-refractivity contribution < 1.29 is 9.53 Å². The van der Waals surface area contributed by atoms with Crippen molar-refractivity contribution in [2.45, 2.75) is 13.8 Å². The van der Waals surface area contributed by atoms with Crippen LogP contribution in [0.15, 0.2) is 24.3 Å². The highest BCUT2D eigenvalue weighted by molar-refractivity contribution is 7.10. The van der Waals surface area contributed by atoms with Crippen LogP contribution >= 0.6 is 23.1 Å². The van der Waals surface area contributed by atoms with Gasteiger partial charge in [-0.25, -0.2) is 4.79 Å². The van der Waals surface area contributed by atoms with Crippen molar-refractivity contribution in [2.75, 3.05) is 6.61 Å². The number of nitrogens with zero attached hydrogens (tertiary/aromatic N) is 1. The molecule has 18 heavy (non-hydrogen) atoms. The number of aryl methyl sites for hydroxylation is 1. The molecule has 0 spiro atoms. The first-order chi connectivity index (χ1) is 8.65. The summed E-state index contributed by atoms with van der Waals surface area (Å²) in [5, 5.41) is 0.205. The number of carbonyl (C=O) groups excluding carboxylic acids is 1. The topological polar surface area (TPSA) is 39.2 Å². The molecule has 0 unspecified atom stereocenters. The van der Waals surface area contributed by atoms with E-state index in [0.717, 1.165) is 16.0 Å². The lowest BCUT2D eigenvalue weighted by atomic mass is 10.1. The molecule has 94 valence electrons. The highest BCUT2D eigenvalue weighted by Crippen LogP contribution is 2.35. The lowest BCUT2D eigenvalue weighted by Crippen LogP contribution is -2.05. The van der Waals surface area contributed by atoms with Gasteiger partial charge in [-0.1, -0.05) is 35.9 Å². The van der Waals surface area contributed by atoms with Gasteiger partial charge in [0, 0.05) is 0 Å². The Kier molecular flexibility index (Phi) is 3.99. The maximum Gasteiger partial charge on any atom is 0.342 e. The fraction of sp³-hybridized carbons (Fsp3) is 0.231. The average molecular weight is 282 g/mol. The molecule has 1 aromatic heterocycles. The summed E-state index contributed by atoms with van der Waals surface area (Å²) in [4.78, 5) is 12.7. The number of aromatic nitrogens is 1. The molecule has 0 saturated heterocycles. The highest BCUT2D eigenvalue weighted by Gasteiger charge is 2.22. The first-order valence-corrected chi connectivity index (χ1v) is 6.68. The Bertz CT molecular complexity index is 580. The van der Waals surface area contributed by atoms with Gasteiger partial charge in [-0.05, 0) is 36.5 Å². The molecule has 0 atom stereocenters. The SMILES string of the molecule is CCOC(=O)c1c(Cl)nsc1-c1ccccc1C. The highest BCUT2D eigenvalue weighted by atomic mass is 35.5. The molecule has 2 rings (SSSR count). The minimum Gasteiger partial charge on any atom is -0.462 e. The molecule has 0 fully saturated rings. The van der Waals surface area contributed by atoms with Gasteiger partial charge in [0.05, 0.1) is 11.5 Å². The van der Waals surface area contributed by atoms with Crippen molar-refractivity contribution in [3.05, 3.63) is 40.5 Å². The zero-order chi connectivity index (χ0) is 13.1. The van der Waals surface area contributed by atoms with Gasteiger partial charge in [0.1, 0.15) is 5.56 Å². The zero-order valence-electron chi connectivity index (χ0n) is 10.1. The molecule has 0 bridgehead atoms. The molecular formula is C13H12ClNO2S. The molecule has 0 N–H and O–H groups in total. The van der Waals surface area contributed by atoms with Gasteiger partial charge >= 0.3 is 5.97 Å². The summed E-state index contributed by atoms with van der Waals surface area (Å²) in [6, 6.07) is 7.80. The number of carbonyl (C=O) groups is 1. The van der Waals surface area contributed by atoms with Crippen molar-refractivity contribution >= 4 is 29.1 Å². The Morgan fingerprint density at radius 2 is 2.17 bits per heavy atom. The van der Waals surface area contributed by atoms with E-state index in [2.05, 4.69) is 4.37 Å². The molecule has 0 aliphatic rings. The van der Waals surface area contributed by atoms with Crippen LogP contribution in [-0.4, -0.2) is 16.9 Å². The van der Waals surface area contributed by atoms with E-state index in [1.165, 1.54) is 11.5 Å². The molecule has 0 radical (unpaired) electrons. The molecule has 5 heteroatoms. The molecule has 1 aromatic carbocycles. The van der Waals surface area contributed by atoms with Crippen molar-refractivity contribution in [1.82, 2.24) is 4.37 Å². The molecule has 2 aromatic rings. The molecule has 3 nitrogen and oxygen atoms in total. The van der Waals surface area contributed by atoms with E-state index in [1.54, 1.807) is 6.92 Å². The Labute approximate surface area is 115 Å². The molecule has 0 aliphatic carbocycles. The van der Waals surface area contributed by atoms with Crippen LogP contribution in [0.25, 0.3) is 10.4 Å². The van der Waals surface area contributed by atoms with E-state index < -0.39 is 5.97 Å². The van der Waals surface area contributed by atoms with Crippen LogP contribution in [0.3, 0.4) is 0 Å². The van der Waals surface area contributed by atoms with Crippen LogP contribution in [-0.2, 0) is 4.74 Å². The third kappa shape index (κ3) is 2.40. The first-order valence-electron chi connectivity index (χ1n) is 5.53. The van der Waals surface area contributed by atoms with E-state index in [4.69, 9.17) is 16.3 Å². The third-order valence-electron chi connectivity index (χ3n) is 2.52. The Hall–Kier alpha value is -1.39. The second-order valence-electron chi connectivity index (χ2n) is 3.71. The third-order valence-corrected chi connectivity index (χ3v) is 3.77. The van der Waals surface area contributed by atoms with Crippen LogP contribution in [0.2, 0.25) is 5.15 Å². The van der Waals surface area contributed by atoms with Crippen LogP contribution in [0.4, 0.5) is 0 Å². The number of esters is 1. The van der Waals surface area contributed by atoms with Gasteiger partial charge in [0.15, 0.2) is 5.15 Å². The number of hydrogen-bond donors (Lipinski definition) is 0. The number of benzene rings is 1. The maximum absolute atomic E-state index is 11.9. The van der Waals surface area contributed by atoms with Gasteiger partial charge < -0.3 is 4.74 Å². The molecule has 0 aliphatic heterocycles. The van der Waals surface area contributed by atoms with Gasteiger partial charge in [-0.15, -0.1) is 0 Å². The first kappa shape index (κ1) is 13.1. The zero-order valence-corrected chi connectivity index (χ0v) is 11.6. The lowest BCUT2D eigenvalue weighted by molar-refractivity contribution is 0.0528. The van der Waals surface area contributed by atoms with E-state index >= 15 is 0 Å². The average Bonchev–Trinajstić information content (AvgIpc) is 2.72. The number of halogens is 1. The molecule has 0 saturated carbocycles. The van der Waals surface area contributed by atoms with Gasteiger partial charge in [0.2, 0.25) is 0 Å². The van der Waals surface area contributed by atoms with Crippen molar-refractivity contribution in [3.8, 4) is 10.4 Å². The quantitative estimate of drug-likeness (QED) is 0.800. The number of rotatable bonds is 3. The number of ether oxygens (including phenoxy) is 1. The maximum atomic E-state index is 11.9. The predicted octanol–water partition coefficient (Wildman–Crippen LogP) is 3.95. The largest absolute Gasteiger partial charge is 0.462 e. The van der Waals surface area contributed by atoms with Crippen molar-refractivity contribution in [1.29, 1.82) is 0 Å². The minimum absolute atomic E-state index is 0.205. The summed E-state index contributed by atoms with van der Waals surface area (Å²) in [5.41, 5.74) is 2.39. The van der Waals surface area contributed by atoms with Crippen LogP contribution in [0, 0.1) is 6.92 Å². The standard InChI is InChI=1S/C13H12ClNO2S/c1-3-17-13(16)10-11(18-15-12(10)14)9-7-5-4-6-8(9)2/h4-7H,3H2,1-2H3. The summed E-state index contributed by atoms with van der Waals surface area (Å²) >= 11 is 7.19. The second kappa shape index (κ2) is 5.50. The fourth-order valence-electron chi connectivity index (χ4n) is 1.66. The molecule has 1 heterocycles. The van der Waals surface area contributed by atoms with Gasteiger partial charge in [-0.3, -0.25) is 0 Å². The predicted molar refractivity (Wildman–Crippen MR) is 73.3 cm³/mol. The summed E-state index contributed by atoms with van der Waals surface area (Å²) in [6.45, 7) is 4.06. The fourth-order valence-corrected chi connectivity index (χ4v) is 2.85. The van der Waals surface area contributed by atoms with Crippen LogP contribution in [0.1, 0.15) is 22.8 Å². The number of hydrogen-bond acceptors (Lipinski definition) is 4. The smallest absolute Gasteiger partial charge is 0.342 e. The lowest BCUT2D eigenvalue weighted by Gasteiger charge is -2.05. The minimum atomic E-state index is -0.422. The summed E-state index contributed by atoms with van der Waals surface area (Å²) in [7, 11) is 0. The van der Waals surface area contributed by atoms with Gasteiger partial charge in [0.25, 0.3) is 0 Å². The summed E-state index contributed by atoms with van der Waals surface area (Å²) in [6.07, 6.45) is 0. The Morgan fingerprint density at radius 1 is 1.44 bits per heavy atom. The summed E-state index contributed by atoms with van der Waals surface area (Å²) in [5.74, 6) is -0.422. The van der Waals surface area contributed by atoms with E-state index in [0.29, 0.717) is 12.2 Å². The van der Waals surface area contributed by atoms with E-state index in [9.17, 15) is 4.79 Å². The van der Waals surface area contributed by atoms with Gasteiger partial charge in [-0.2, -0.15) is 4.37 Å². The van der Waals surface area contributed by atoms with Crippen LogP contribution in [0.5, 0.6) is 0 Å². The Morgan fingerprint density at radius 3 is 2.83 bits per heavy atom. The normalized spacial score (nSPS) is 10.4. The molecule has 0 amide bonds. The summed E-state index contributed by atoms with van der Waals surface area (Å²) < 4.78 is 9.06. The van der Waals surface area contributed by atoms with E-state index in [-0.39, 0.29) is 5.15 Å². The van der Waals surface area contributed by atoms with E-state index in [1.807, 2.05) is 31.2 Å². The monoisotopic (exact) mass is 281 g/mol. The second-order valence-corrected chi connectivity index (χ2v) is 4.84. The van der Waals surface area contributed by atoms with Crippen molar-refractivity contribution in [3.63, 3.8) is 0 Å². The molecular weight excluding hydrogens is 270 g/mol.